The Balaban J connectivity index is 1.32. The van der Waals surface area contributed by atoms with E-state index >= 15 is 0 Å². The van der Waals surface area contributed by atoms with E-state index in [-0.39, 0.29) is 44.8 Å². The molecule has 0 unspecified atom stereocenters. The van der Waals surface area contributed by atoms with Crippen LogP contribution in [0.25, 0.3) is 0 Å². The maximum Gasteiger partial charge on any atom is 0.186 e. The molecule has 9 heteroatoms. The molecule has 9 nitrogen and oxygen atoms in total. The van der Waals surface area contributed by atoms with Gasteiger partial charge in [0.05, 0.1) is 31.0 Å². The lowest BCUT2D eigenvalue weighted by Crippen LogP contribution is -2.70. The van der Waals surface area contributed by atoms with Gasteiger partial charge in [-0.2, -0.15) is 0 Å². The van der Waals surface area contributed by atoms with E-state index in [0.29, 0.717) is 25.7 Å². The first kappa shape index (κ1) is 34.3. The molecule has 7 N–H and O–H groups in total. The molecule has 4 saturated carbocycles. The van der Waals surface area contributed by atoms with E-state index in [9.17, 15) is 35.7 Å². The quantitative estimate of drug-likeness (QED) is 0.183. The molecule has 0 spiro atoms. The van der Waals surface area contributed by atoms with Gasteiger partial charge in [-0.15, -0.1) is 0 Å². The molecule has 0 amide bonds. The van der Waals surface area contributed by atoms with Crippen molar-refractivity contribution in [1.82, 2.24) is 0 Å². The van der Waals surface area contributed by atoms with Gasteiger partial charge in [0.1, 0.15) is 24.4 Å². The Bertz CT molecular complexity index is 1190. The van der Waals surface area contributed by atoms with Gasteiger partial charge in [0.25, 0.3) is 0 Å². The highest BCUT2D eigenvalue weighted by Gasteiger charge is 2.71. The molecule has 0 bridgehead atoms. The normalized spacial score (nSPS) is 57.1. The van der Waals surface area contributed by atoms with Crippen molar-refractivity contribution in [2.75, 3.05) is 6.61 Å². The van der Waals surface area contributed by atoms with Crippen LogP contribution in [0, 0.1) is 50.2 Å². The number of aliphatic hydroxyl groups is 7. The number of aliphatic hydroxyl groups excluding tert-OH is 7. The number of fused-ring (bicyclic) bond motifs is 7. The van der Waals surface area contributed by atoms with Crippen molar-refractivity contribution in [2.24, 2.45) is 50.2 Å². The lowest BCUT2D eigenvalue weighted by atomic mass is 9.33. The zero-order valence-corrected chi connectivity index (χ0v) is 28.6. The summed E-state index contributed by atoms with van der Waals surface area (Å²) in [5, 5.41) is 76.3. The molecule has 0 aromatic carbocycles. The van der Waals surface area contributed by atoms with Crippen molar-refractivity contribution in [2.45, 2.75) is 155 Å². The zero-order chi connectivity index (χ0) is 33.3. The summed E-state index contributed by atoms with van der Waals surface area (Å²) < 4.78 is 12.1. The van der Waals surface area contributed by atoms with Crippen molar-refractivity contribution >= 4 is 0 Å². The highest BCUT2D eigenvalue weighted by atomic mass is 16.7. The van der Waals surface area contributed by atoms with Crippen LogP contribution in [-0.4, -0.2) is 97.5 Å². The zero-order valence-electron chi connectivity index (χ0n) is 28.6. The number of hydrogen-bond donors (Lipinski definition) is 7. The average Bonchev–Trinajstić information content (AvgIpc) is 2.92. The molecule has 6 aliphatic rings. The first-order valence-corrected chi connectivity index (χ1v) is 17.4. The van der Waals surface area contributed by atoms with Gasteiger partial charge in [-0.05, 0) is 89.8 Å². The van der Waals surface area contributed by atoms with Crippen LogP contribution in [0.1, 0.15) is 100 Å². The van der Waals surface area contributed by atoms with Gasteiger partial charge in [-0.1, -0.05) is 67.0 Å². The monoisotopic (exact) mass is 636 g/mol. The van der Waals surface area contributed by atoms with E-state index in [1.807, 2.05) is 0 Å². The maximum absolute atomic E-state index is 12.3. The summed E-state index contributed by atoms with van der Waals surface area (Å²) >= 11 is 0. The molecule has 0 radical (unpaired) electrons. The van der Waals surface area contributed by atoms with Gasteiger partial charge >= 0.3 is 0 Å². The largest absolute Gasteiger partial charge is 0.394 e. The van der Waals surface area contributed by atoms with E-state index in [1.165, 1.54) is 5.57 Å². The molecular formula is C36H60O9. The smallest absolute Gasteiger partial charge is 0.186 e. The van der Waals surface area contributed by atoms with Gasteiger partial charge < -0.3 is 45.2 Å². The highest BCUT2D eigenvalue weighted by molar-refractivity contribution is 5.35. The number of rotatable bonds is 3. The molecule has 5 aliphatic carbocycles. The lowest BCUT2D eigenvalue weighted by Gasteiger charge is -2.73. The third kappa shape index (κ3) is 4.58. The van der Waals surface area contributed by atoms with Gasteiger partial charge in [0, 0.05) is 5.41 Å². The summed E-state index contributed by atoms with van der Waals surface area (Å²) in [6.07, 6.45) is -1.22. The summed E-state index contributed by atoms with van der Waals surface area (Å²) in [5.41, 5.74) is -0.526. The Hall–Kier alpha value is -0.620. The fourth-order valence-electron chi connectivity index (χ4n) is 12.4. The molecule has 0 aromatic rings. The Kier molecular flexibility index (Phi) is 8.13. The van der Waals surface area contributed by atoms with Crippen LogP contribution in [0.2, 0.25) is 0 Å². The standard InChI is InChI=1S/C36H60O9/c1-31(2)13-19-18-9-10-22-33(5)12-11-25(45-30-28(43)27(42)26(41)21(17-37)44-30)32(3,4)29(33)20(38)14-36(22,8)35(18,7)16-24(40)34(19,6)15-23(31)39/h9,19-30,37-43H,10-17H2,1-8H3/t19-,20+,21+,22+,23-,24-,25-,26+,27-,28+,29-,30-,33+,34-,35+,36+/m0/s1. The summed E-state index contributed by atoms with van der Waals surface area (Å²) in [6, 6.07) is 0. The van der Waals surface area contributed by atoms with Crippen LogP contribution in [0.5, 0.6) is 0 Å². The lowest BCUT2D eigenvalue weighted by molar-refractivity contribution is -0.334. The van der Waals surface area contributed by atoms with Gasteiger partial charge in [-0.3, -0.25) is 0 Å². The minimum atomic E-state index is -1.51. The van der Waals surface area contributed by atoms with Crippen LogP contribution >= 0.6 is 0 Å². The van der Waals surface area contributed by atoms with Crippen LogP contribution in [-0.2, 0) is 9.47 Å². The van der Waals surface area contributed by atoms with E-state index in [4.69, 9.17) is 9.47 Å². The topological polar surface area (TPSA) is 160 Å². The summed E-state index contributed by atoms with van der Waals surface area (Å²) in [7, 11) is 0. The summed E-state index contributed by atoms with van der Waals surface area (Å²) in [6.45, 7) is 17.2. The molecule has 1 saturated heterocycles. The molecule has 1 heterocycles. The second kappa shape index (κ2) is 10.7. The van der Waals surface area contributed by atoms with E-state index < -0.39 is 67.1 Å². The fourth-order valence-corrected chi connectivity index (χ4v) is 12.4. The SMILES string of the molecule is CC1(C)C[C@H]2C3=CC[C@@H]4[C@@]5(C)CC[C@H](O[C@@H]6O[C@H](CO)[C@@H](O)[C@H](O)[C@H]6O)C(C)(C)[C@@H]5[C@H](O)C[C@@]4(C)[C@]3(C)C[C@H](O)[C@@]2(C)C[C@@H]1O. The fraction of sp³-hybridized carbons (Fsp3) is 0.944. The van der Waals surface area contributed by atoms with Gasteiger partial charge in [0.15, 0.2) is 6.29 Å². The van der Waals surface area contributed by atoms with Crippen LogP contribution in [0.15, 0.2) is 11.6 Å². The second-order valence-electron chi connectivity index (χ2n) is 18.3. The third-order valence-electron chi connectivity index (χ3n) is 15.3. The average molecular weight is 637 g/mol. The minimum absolute atomic E-state index is 0.118. The first-order chi connectivity index (χ1) is 20.7. The van der Waals surface area contributed by atoms with E-state index in [1.54, 1.807) is 0 Å². The number of allylic oxidation sites excluding steroid dienone is 2. The Labute approximate surface area is 269 Å². The van der Waals surface area contributed by atoms with Crippen molar-refractivity contribution < 1.29 is 45.2 Å². The molecule has 0 aromatic heterocycles. The highest BCUT2D eigenvalue weighted by Crippen LogP contribution is 2.75. The van der Waals surface area contributed by atoms with E-state index in [0.717, 1.165) is 19.3 Å². The molecule has 16 atom stereocenters. The predicted octanol–water partition coefficient (Wildman–Crippen LogP) is 2.91. The van der Waals surface area contributed by atoms with Crippen molar-refractivity contribution in [1.29, 1.82) is 0 Å². The van der Waals surface area contributed by atoms with Crippen LogP contribution in [0.3, 0.4) is 0 Å². The third-order valence-corrected chi connectivity index (χ3v) is 15.3. The van der Waals surface area contributed by atoms with Gasteiger partial charge in [-0.25, -0.2) is 0 Å². The molecule has 6 rings (SSSR count). The summed E-state index contributed by atoms with van der Waals surface area (Å²) in [4.78, 5) is 0. The van der Waals surface area contributed by atoms with Crippen molar-refractivity contribution in [3.05, 3.63) is 11.6 Å². The molecule has 45 heavy (non-hydrogen) atoms. The minimum Gasteiger partial charge on any atom is -0.394 e. The Morgan fingerprint density at radius 3 is 2.11 bits per heavy atom. The van der Waals surface area contributed by atoms with E-state index in [2.05, 4.69) is 61.5 Å². The molecule has 5 fully saturated rings. The van der Waals surface area contributed by atoms with Crippen LogP contribution < -0.4 is 0 Å². The van der Waals surface area contributed by atoms with Crippen molar-refractivity contribution in [3.8, 4) is 0 Å². The van der Waals surface area contributed by atoms with Crippen molar-refractivity contribution in [3.63, 3.8) is 0 Å². The molecular weight excluding hydrogens is 576 g/mol. The first-order valence-electron chi connectivity index (χ1n) is 17.4. The predicted molar refractivity (Wildman–Crippen MR) is 168 cm³/mol. The Morgan fingerprint density at radius 1 is 0.800 bits per heavy atom. The van der Waals surface area contributed by atoms with Gasteiger partial charge in [0.2, 0.25) is 0 Å². The summed E-state index contributed by atoms with van der Waals surface area (Å²) in [5.74, 6) is 0.315. The maximum atomic E-state index is 12.3. The second-order valence-corrected chi connectivity index (χ2v) is 18.3. The Morgan fingerprint density at radius 2 is 1.47 bits per heavy atom. The molecule has 1 aliphatic heterocycles. The number of ether oxygens (including phenoxy) is 2. The number of hydrogen-bond acceptors (Lipinski definition) is 9. The molecule has 258 valence electrons. The van der Waals surface area contributed by atoms with Crippen LogP contribution in [0.4, 0.5) is 0 Å².